The maximum Gasteiger partial charge on any atom is 0.304 e. The maximum absolute atomic E-state index is 12.1. The summed E-state index contributed by atoms with van der Waals surface area (Å²) in [5.74, 6) is 0.709. The molecule has 1 unspecified atom stereocenters. The second-order valence-corrected chi connectivity index (χ2v) is 13.0. The molecule has 0 radical (unpaired) electrons. The van der Waals surface area contributed by atoms with E-state index in [1.807, 2.05) is 36.4 Å². The van der Waals surface area contributed by atoms with Crippen molar-refractivity contribution in [3.63, 3.8) is 0 Å². The molecule has 1 aromatic heterocycles. The van der Waals surface area contributed by atoms with Crippen molar-refractivity contribution in [2.24, 2.45) is 0 Å². The Morgan fingerprint density at radius 2 is 1.82 bits per heavy atom. The third-order valence-electron chi connectivity index (χ3n) is 8.45. The third kappa shape index (κ3) is 8.34. The smallest absolute Gasteiger partial charge is 0.304 e. The van der Waals surface area contributed by atoms with Crippen molar-refractivity contribution in [2.45, 2.75) is 25.3 Å². The van der Waals surface area contributed by atoms with Crippen LogP contribution in [0.3, 0.4) is 0 Å². The molecule has 2 aliphatic rings. The summed E-state index contributed by atoms with van der Waals surface area (Å²) in [6, 6.07) is 14.2. The Morgan fingerprint density at radius 1 is 1.09 bits per heavy atom. The number of hydrogen-bond acceptors (Lipinski definition) is 10. The van der Waals surface area contributed by atoms with Gasteiger partial charge in [-0.2, -0.15) is 4.98 Å². The number of para-hydroxylation sites is 2. The molecule has 1 atom stereocenters. The minimum absolute atomic E-state index is 0.207. The topological polar surface area (TPSA) is 126 Å². The number of carbonyl (C=O) groups is 1. The quantitative estimate of drug-likeness (QED) is 0.257. The molecule has 3 heterocycles. The van der Waals surface area contributed by atoms with Gasteiger partial charge in [0, 0.05) is 76.9 Å². The highest BCUT2D eigenvalue weighted by Gasteiger charge is 2.28. The van der Waals surface area contributed by atoms with E-state index < -0.39 is 17.0 Å². The molecule has 3 N–H and O–H groups in total. The van der Waals surface area contributed by atoms with Gasteiger partial charge in [0.15, 0.2) is 5.82 Å². The number of carboxylic acids is 1. The van der Waals surface area contributed by atoms with E-state index in [9.17, 15) is 9.00 Å². The molecule has 2 aliphatic heterocycles. The van der Waals surface area contributed by atoms with E-state index in [1.54, 1.807) is 24.7 Å². The van der Waals surface area contributed by atoms with Gasteiger partial charge in [-0.05, 0) is 37.1 Å². The average molecular weight is 657 g/mol. The summed E-state index contributed by atoms with van der Waals surface area (Å²) in [4.78, 5) is 27.1. The van der Waals surface area contributed by atoms with Gasteiger partial charge in [0.2, 0.25) is 5.95 Å². The number of piperidine rings is 1. The number of anilines is 6. The molecular formula is C31H41ClN8O4S. The Kier molecular flexibility index (Phi) is 11.0. The van der Waals surface area contributed by atoms with E-state index in [4.69, 9.17) is 21.4 Å². The van der Waals surface area contributed by atoms with Crippen molar-refractivity contribution < 1.29 is 18.8 Å². The van der Waals surface area contributed by atoms with Gasteiger partial charge >= 0.3 is 5.97 Å². The lowest BCUT2D eigenvalue weighted by atomic mass is 10.0. The predicted octanol–water partition coefficient (Wildman–Crippen LogP) is 4.42. The van der Waals surface area contributed by atoms with Gasteiger partial charge in [0.05, 0.1) is 36.8 Å². The van der Waals surface area contributed by atoms with E-state index in [0.29, 0.717) is 40.8 Å². The Bertz CT molecular complexity index is 1500. The summed E-state index contributed by atoms with van der Waals surface area (Å²) in [6.45, 7) is 6.39. The van der Waals surface area contributed by atoms with E-state index >= 15 is 0 Å². The van der Waals surface area contributed by atoms with Crippen LogP contribution in [0.5, 0.6) is 5.75 Å². The van der Waals surface area contributed by atoms with Crippen LogP contribution in [0, 0.1) is 0 Å². The zero-order valence-electron chi connectivity index (χ0n) is 25.9. The van der Waals surface area contributed by atoms with Crippen LogP contribution in [0.25, 0.3) is 0 Å². The summed E-state index contributed by atoms with van der Waals surface area (Å²) < 4.78 is 19.5. The molecule has 2 saturated heterocycles. The van der Waals surface area contributed by atoms with Crippen molar-refractivity contribution in [3.05, 3.63) is 53.7 Å². The highest BCUT2D eigenvalue weighted by atomic mass is 35.5. The summed E-state index contributed by atoms with van der Waals surface area (Å²) in [7, 11) is 2.21. The van der Waals surface area contributed by atoms with Crippen LogP contribution in [0.2, 0.25) is 5.02 Å². The highest BCUT2D eigenvalue weighted by molar-refractivity contribution is 7.85. The van der Waals surface area contributed by atoms with Crippen LogP contribution < -0.4 is 24.6 Å². The zero-order chi connectivity index (χ0) is 31.9. The molecule has 0 aliphatic carbocycles. The summed E-state index contributed by atoms with van der Waals surface area (Å²) in [5, 5.41) is 15.8. The number of nitrogens with one attached hydrogen (secondary N) is 2. The molecule has 5 rings (SSSR count). The molecule has 45 heavy (non-hydrogen) atoms. The predicted molar refractivity (Wildman–Crippen MR) is 181 cm³/mol. The van der Waals surface area contributed by atoms with Crippen LogP contribution in [-0.2, 0) is 15.8 Å². The van der Waals surface area contributed by atoms with Crippen molar-refractivity contribution >= 4 is 63.1 Å². The van der Waals surface area contributed by atoms with Gasteiger partial charge in [-0.3, -0.25) is 14.0 Å². The molecule has 14 heteroatoms. The lowest BCUT2D eigenvalue weighted by Crippen LogP contribution is -2.53. The van der Waals surface area contributed by atoms with E-state index in [-0.39, 0.29) is 6.42 Å². The van der Waals surface area contributed by atoms with Crippen molar-refractivity contribution in [2.75, 3.05) is 86.1 Å². The fourth-order valence-corrected chi connectivity index (χ4v) is 6.40. The number of aromatic nitrogens is 2. The minimum atomic E-state index is -1.20. The fraction of sp³-hybridized carbons (Fsp3) is 0.452. The largest absolute Gasteiger partial charge is 0.494 e. The van der Waals surface area contributed by atoms with E-state index in [0.717, 1.165) is 69.2 Å². The number of rotatable bonds is 12. The number of halogens is 1. The molecule has 0 saturated carbocycles. The van der Waals surface area contributed by atoms with Crippen LogP contribution in [0.4, 0.5) is 34.5 Å². The second kappa shape index (κ2) is 15.1. The number of hydrogen-bond donors (Lipinski definition) is 3. The first-order valence-corrected chi connectivity index (χ1v) is 16.9. The zero-order valence-corrected chi connectivity index (χ0v) is 27.5. The van der Waals surface area contributed by atoms with Gasteiger partial charge in [-0.1, -0.05) is 23.7 Å². The molecule has 3 aromatic rings. The highest BCUT2D eigenvalue weighted by Crippen LogP contribution is 2.35. The summed E-state index contributed by atoms with van der Waals surface area (Å²) >= 11 is 6.45. The average Bonchev–Trinajstić information content (AvgIpc) is 3.05. The van der Waals surface area contributed by atoms with Crippen LogP contribution in [-0.4, -0.2) is 107 Å². The number of methoxy groups -OCH3 is 1. The fourth-order valence-electron chi connectivity index (χ4n) is 5.83. The summed E-state index contributed by atoms with van der Waals surface area (Å²) in [6.07, 6.45) is 5.52. The Hall–Kier alpha value is -3.65. The molecule has 0 spiro atoms. The second-order valence-electron chi connectivity index (χ2n) is 11.2. The molecular weight excluding hydrogens is 616 g/mol. The van der Waals surface area contributed by atoms with E-state index in [1.165, 1.54) is 6.20 Å². The number of piperazine rings is 1. The number of carboxylic acid groups (broad SMARTS) is 1. The SMILES string of the molecule is COc1cc(N2CCC(N3CCN(CCC(=O)O)CC3)CC2)ccc1Nc1ncc(Cl)c(Nc2ccccc2N(C)S(C)=O)n1. The number of ether oxygens (including phenoxy) is 1. The van der Waals surface area contributed by atoms with Crippen LogP contribution in [0.1, 0.15) is 19.3 Å². The van der Waals surface area contributed by atoms with Gasteiger partial charge in [-0.25, -0.2) is 9.19 Å². The first-order valence-electron chi connectivity index (χ1n) is 15.1. The Labute approximate surface area is 271 Å². The molecule has 0 amide bonds. The molecule has 12 nitrogen and oxygen atoms in total. The van der Waals surface area contributed by atoms with Crippen molar-refractivity contribution in [1.29, 1.82) is 0 Å². The number of aliphatic carboxylic acids is 1. The molecule has 0 bridgehead atoms. The first-order chi connectivity index (χ1) is 21.7. The number of benzene rings is 2. The molecule has 2 fully saturated rings. The summed E-state index contributed by atoms with van der Waals surface area (Å²) in [5.41, 5.74) is 3.29. The molecule has 2 aromatic carbocycles. The van der Waals surface area contributed by atoms with Gasteiger partial charge < -0.3 is 30.3 Å². The van der Waals surface area contributed by atoms with E-state index in [2.05, 4.69) is 41.4 Å². The van der Waals surface area contributed by atoms with Gasteiger partial charge in [0.25, 0.3) is 0 Å². The van der Waals surface area contributed by atoms with Crippen molar-refractivity contribution in [1.82, 2.24) is 19.8 Å². The monoisotopic (exact) mass is 656 g/mol. The lowest BCUT2D eigenvalue weighted by Gasteiger charge is -2.43. The lowest BCUT2D eigenvalue weighted by molar-refractivity contribution is -0.137. The minimum Gasteiger partial charge on any atom is -0.494 e. The molecule has 242 valence electrons. The standard InChI is InChI=1S/C31H41ClN8O4S/c1-37(45(3)43)27-7-5-4-6-25(27)34-30-24(32)21-33-31(36-30)35-26-9-8-23(20-28(26)44-2)39-14-10-22(11-15-39)40-18-16-38(17-19-40)13-12-29(41)42/h4-9,20-22H,10-19H2,1-3H3,(H,41,42)(H2,33,34,35,36). The van der Waals surface area contributed by atoms with Crippen molar-refractivity contribution in [3.8, 4) is 5.75 Å². The third-order valence-corrected chi connectivity index (χ3v) is 9.70. The number of nitrogens with zero attached hydrogens (tertiary/aromatic N) is 6. The van der Waals surface area contributed by atoms with Crippen LogP contribution >= 0.6 is 11.6 Å². The van der Waals surface area contributed by atoms with Crippen LogP contribution in [0.15, 0.2) is 48.7 Å². The normalized spacial score (nSPS) is 17.1. The van der Waals surface area contributed by atoms with Gasteiger partial charge in [0.1, 0.15) is 21.8 Å². The Morgan fingerprint density at radius 3 is 2.51 bits per heavy atom. The first kappa shape index (κ1) is 32.7. The van der Waals surface area contributed by atoms with Gasteiger partial charge in [-0.15, -0.1) is 0 Å². The Balaban J connectivity index is 1.20. The maximum atomic E-state index is 12.1.